The average molecular weight is 363 g/mol. The molecule has 0 radical (unpaired) electrons. The molecule has 0 aliphatic carbocycles. The van der Waals surface area contributed by atoms with Crippen LogP contribution in [0.25, 0.3) is 0 Å². The van der Waals surface area contributed by atoms with Crippen molar-refractivity contribution in [3.63, 3.8) is 0 Å². The Bertz CT molecular complexity index is 933. The van der Waals surface area contributed by atoms with Gasteiger partial charge in [-0.05, 0) is 31.2 Å². The molecule has 0 spiro atoms. The molecule has 9 heteroatoms. The summed E-state index contributed by atoms with van der Waals surface area (Å²) in [6, 6.07) is 9.67. The molecular weight excluding hydrogens is 350 g/mol. The van der Waals surface area contributed by atoms with Crippen molar-refractivity contribution in [2.24, 2.45) is 0 Å². The van der Waals surface area contributed by atoms with Crippen LogP contribution in [0.4, 0.5) is 5.69 Å². The zero-order valence-electron chi connectivity index (χ0n) is 13.0. The minimum absolute atomic E-state index is 0.204. The minimum Gasteiger partial charge on any atom is -0.454 e. The van der Waals surface area contributed by atoms with Crippen molar-refractivity contribution >= 4 is 27.3 Å². The van der Waals surface area contributed by atoms with Gasteiger partial charge in [0, 0.05) is 12.1 Å². The van der Waals surface area contributed by atoms with E-state index in [2.05, 4.69) is 0 Å². The van der Waals surface area contributed by atoms with Crippen LogP contribution in [-0.4, -0.2) is 31.7 Å². The van der Waals surface area contributed by atoms with E-state index in [0.29, 0.717) is 0 Å². The van der Waals surface area contributed by atoms with Gasteiger partial charge in [0.1, 0.15) is 6.61 Å². The lowest BCUT2D eigenvalue weighted by molar-refractivity contribution is -0.384. The van der Waals surface area contributed by atoms with Crippen molar-refractivity contribution in [3.8, 4) is 0 Å². The van der Waals surface area contributed by atoms with Gasteiger partial charge in [-0.1, -0.05) is 12.1 Å². The van der Waals surface area contributed by atoms with Crippen molar-refractivity contribution in [2.75, 3.05) is 6.61 Å². The molecule has 0 amide bonds. The normalized spacial score (nSPS) is 10.9. The van der Waals surface area contributed by atoms with E-state index >= 15 is 0 Å². The molecule has 0 unspecified atom stereocenters. The second-order valence-corrected chi connectivity index (χ2v) is 6.95. The fourth-order valence-corrected chi connectivity index (χ4v) is 3.44. The van der Waals surface area contributed by atoms with E-state index in [0.717, 1.165) is 24.3 Å². The van der Waals surface area contributed by atoms with Crippen molar-refractivity contribution in [3.05, 3.63) is 64.2 Å². The molecule has 2 aromatic carbocycles. The van der Waals surface area contributed by atoms with Gasteiger partial charge in [-0.3, -0.25) is 14.9 Å². The number of esters is 1. The van der Waals surface area contributed by atoms with Crippen LogP contribution in [0.1, 0.15) is 17.3 Å². The molecule has 0 fully saturated rings. The Labute approximate surface area is 143 Å². The zero-order valence-corrected chi connectivity index (χ0v) is 13.9. The number of ether oxygens (including phenoxy) is 1. The van der Waals surface area contributed by atoms with Crippen LogP contribution in [-0.2, 0) is 19.4 Å². The Morgan fingerprint density at radius 2 is 1.68 bits per heavy atom. The van der Waals surface area contributed by atoms with Crippen molar-refractivity contribution in [1.29, 1.82) is 0 Å². The Morgan fingerprint density at radius 3 is 2.24 bits per heavy atom. The first kappa shape index (κ1) is 18.3. The maximum absolute atomic E-state index is 12.7. The number of Topliss-reactive ketones (excluding diaryl/α,β-unsaturated/α-hetero) is 1. The van der Waals surface area contributed by atoms with E-state index in [-0.39, 0.29) is 26.8 Å². The SMILES string of the molecule is CC(=O)COC(=O)c1ccccc1S(=O)(=O)c1ccc([N+](=O)[O-])cc1. The number of nitro benzene ring substituents is 1. The number of benzene rings is 2. The van der Waals surface area contributed by atoms with Gasteiger partial charge >= 0.3 is 5.97 Å². The van der Waals surface area contributed by atoms with Crippen molar-refractivity contribution in [1.82, 2.24) is 0 Å². The Morgan fingerprint density at radius 1 is 1.08 bits per heavy atom. The predicted molar refractivity (Wildman–Crippen MR) is 86.0 cm³/mol. The number of ketones is 1. The van der Waals surface area contributed by atoms with Crippen LogP contribution in [0.5, 0.6) is 0 Å². The number of hydrogen-bond donors (Lipinski definition) is 0. The summed E-state index contributed by atoms with van der Waals surface area (Å²) in [6.45, 7) is 0.761. The van der Waals surface area contributed by atoms with E-state index in [1.165, 1.54) is 31.2 Å². The molecule has 130 valence electrons. The number of hydrogen-bond acceptors (Lipinski definition) is 7. The molecule has 0 aromatic heterocycles. The second kappa shape index (κ2) is 7.22. The summed E-state index contributed by atoms with van der Waals surface area (Å²) in [5.74, 6) is -1.33. The van der Waals surface area contributed by atoms with Gasteiger partial charge in [-0.25, -0.2) is 13.2 Å². The quantitative estimate of drug-likeness (QED) is 0.438. The summed E-state index contributed by atoms with van der Waals surface area (Å²) in [5, 5.41) is 10.7. The van der Waals surface area contributed by atoms with E-state index in [1.54, 1.807) is 0 Å². The highest BCUT2D eigenvalue weighted by atomic mass is 32.2. The molecule has 0 N–H and O–H groups in total. The summed E-state index contributed by atoms with van der Waals surface area (Å²) in [5.41, 5.74) is -0.477. The van der Waals surface area contributed by atoms with Crippen LogP contribution in [0.3, 0.4) is 0 Å². The molecule has 2 aromatic rings. The first-order valence-electron chi connectivity index (χ1n) is 6.98. The number of carbonyl (C=O) groups excluding carboxylic acids is 2. The molecule has 0 aliphatic heterocycles. The van der Waals surface area contributed by atoms with Gasteiger partial charge in [0.05, 0.1) is 20.3 Å². The fraction of sp³-hybridized carbons (Fsp3) is 0.125. The Balaban J connectivity index is 2.44. The summed E-state index contributed by atoms with van der Waals surface area (Å²) in [7, 11) is -4.10. The number of nitrogens with zero attached hydrogens (tertiary/aromatic N) is 1. The van der Waals surface area contributed by atoms with E-state index in [4.69, 9.17) is 4.74 Å². The molecule has 0 atom stereocenters. The standard InChI is InChI=1S/C16H13NO7S/c1-11(18)10-24-16(19)14-4-2-3-5-15(14)25(22,23)13-8-6-12(7-9-13)17(20)21/h2-9H,10H2,1H3. The summed E-state index contributed by atoms with van der Waals surface area (Å²) >= 11 is 0. The number of carbonyl (C=O) groups is 2. The number of sulfone groups is 1. The molecule has 0 saturated heterocycles. The average Bonchev–Trinajstić information content (AvgIpc) is 2.59. The predicted octanol–water partition coefficient (Wildman–Crippen LogP) is 2.17. The first-order valence-corrected chi connectivity index (χ1v) is 8.47. The summed E-state index contributed by atoms with van der Waals surface area (Å²) in [6.07, 6.45) is 0. The van der Waals surface area contributed by atoms with Crippen molar-refractivity contribution in [2.45, 2.75) is 16.7 Å². The summed E-state index contributed by atoms with van der Waals surface area (Å²) < 4.78 is 30.2. The van der Waals surface area contributed by atoms with Gasteiger partial charge in [-0.2, -0.15) is 0 Å². The monoisotopic (exact) mass is 363 g/mol. The fourth-order valence-electron chi connectivity index (χ4n) is 1.99. The molecule has 0 saturated carbocycles. The van der Waals surface area contributed by atoms with Crippen LogP contribution < -0.4 is 0 Å². The van der Waals surface area contributed by atoms with E-state index < -0.39 is 27.3 Å². The third-order valence-electron chi connectivity index (χ3n) is 3.16. The third-order valence-corrected chi connectivity index (χ3v) is 4.99. The molecular formula is C16H13NO7S. The molecule has 0 bridgehead atoms. The highest BCUT2D eigenvalue weighted by molar-refractivity contribution is 7.91. The second-order valence-electron chi connectivity index (χ2n) is 5.03. The molecule has 8 nitrogen and oxygen atoms in total. The van der Waals surface area contributed by atoms with E-state index in [1.807, 2.05) is 0 Å². The Hall–Kier alpha value is -3.07. The van der Waals surface area contributed by atoms with Crippen molar-refractivity contribution < 1.29 is 27.7 Å². The number of rotatable bonds is 6. The van der Waals surface area contributed by atoms with Crippen LogP contribution >= 0.6 is 0 Å². The van der Waals surface area contributed by atoms with Crippen LogP contribution in [0, 0.1) is 10.1 Å². The molecule has 25 heavy (non-hydrogen) atoms. The first-order chi connectivity index (χ1) is 11.7. The lowest BCUT2D eigenvalue weighted by Crippen LogP contribution is -2.15. The number of non-ortho nitro benzene ring substituents is 1. The third kappa shape index (κ3) is 4.07. The van der Waals surface area contributed by atoms with Gasteiger partial charge in [0.25, 0.3) is 5.69 Å². The largest absolute Gasteiger partial charge is 0.454 e. The van der Waals surface area contributed by atoms with Crippen LogP contribution in [0.2, 0.25) is 0 Å². The molecule has 0 heterocycles. The summed E-state index contributed by atoms with van der Waals surface area (Å²) in [4.78, 5) is 32.5. The van der Waals surface area contributed by atoms with Gasteiger partial charge in [0.15, 0.2) is 5.78 Å². The Kier molecular flexibility index (Phi) is 5.28. The topological polar surface area (TPSA) is 121 Å². The lowest BCUT2D eigenvalue weighted by atomic mass is 10.2. The highest BCUT2D eigenvalue weighted by Gasteiger charge is 2.25. The van der Waals surface area contributed by atoms with Gasteiger partial charge < -0.3 is 4.74 Å². The minimum atomic E-state index is -4.10. The van der Waals surface area contributed by atoms with Gasteiger partial charge in [0.2, 0.25) is 9.84 Å². The smallest absolute Gasteiger partial charge is 0.339 e. The van der Waals surface area contributed by atoms with Gasteiger partial charge in [-0.15, -0.1) is 0 Å². The lowest BCUT2D eigenvalue weighted by Gasteiger charge is -2.10. The van der Waals surface area contributed by atoms with Crippen LogP contribution in [0.15, 0.2) is 58.3 Å². The molecule has 0 aliphatic rings. The van der Waals surface area contributed by atoms with E-state index in [9.17, 15) is 28.1 Å². The maximum atomic E-state index is 12.7. The highest BCUT2D eigenvalue weighted by Crippen LogP contribution is 2.26. The maximum Gasteiger partial charge on any atom is 0.339 e. The zero-order chi connectivity index (χ0) is 18.6. The molecule has 2 rings (SSSR count). The number of nitro groups is 1.